The number of nitrogens with one attached hydrogen (secondary N) is 1. The van der Waals surface area contributed by atoms with Crippen LogP contribution in [-0.4, -0.2) is 70.2 Å². The Hall–Kier alpha value is -3.07. The number of hydrogen-bond donors (Lipinski definition) is 1. The van der Waals surface area contributed by atoms with Crippen LogP contribution in [0.15, 0.2) is 48.0 Å². The Bertz CT molecular complexity index is 1130. The Balaban J connectivity index is 1.70. The Kier molecular flexibility index (Phi) is 7.95. The number of benzene rings is 2. The number of carbonyl (C=O) groups is 2. The Morgan fingerprint density at radius 3 is 2.60 bits per heavy atom. The van der Waals surface area contributed by atoms with Crippen LogP contribution in [0.25, 0.3) is 5.76 Å². The van der Waals surface area contributed by atoms with Gasteiger partial charge in [-0.15, -0.1) is 0 Å². The number of carbonyl (C=O) groups excluding carboxylic acids is 2. The van der Waals surface area contributed by atoms with Gasteiger partial charge in [-0.05, 0) is 35.4 Å². The van der Waals surface area contributed by atoms with Gasteiger partial charge in [-0.25, -0.2) is 0 Å². The Labute approximate surface area is 209 Å². The predicted octanol–water partition coefficient (Wildman–Crippen LogP) is 0.886. The number of halogens is 1. The van der Waals surface area contributed by atoms with Crippen LogP contribution in [0.3, 0.4) is 0 Å². The van der Waals surface area contributed by atoms with Crippen molar-refractivity contribution in [3.05, 3.63) is 64.2 Å². The number of Topliss-reactive ketones (excluding diaryl/α,β-unsaturated/α-hetero) is 1. The molecule has 186 valence electrons. The third-order valence-electron chi connectivity index (χ3n) is 6.48. The first-order valence-corrected chi connectivity index (χ1v) is 12.0. The van der Waals surface area contributed by atoms with Crippen molar-refractivity contribution in [1.29, 1.82) is 0 Å². The van der Waals surface area contributed by atoms with Gasteiger partial charge in [-0.1, -0.05) is 35.6 Å². The van der Waals surface area contributed by atoms with E-state index in [-0.39, 0.29) is 16.2 Å². The normalized spacial score (nSPS) is 20.3. The second-order valence-electron chi connectivity index (χ2n) is 8.56. The average molecular weight is 501 g/mol. The molecule has 2 aliphatic rings. The van der Waals surface area contributed by atoms with Gasteiger partial charge < -0.3 is 29.1 Å². The molecule has 2 heterocycles. The molecular weight excluding hydrogens is 472 g/mol. The third kappa shape index (κ3) is 5.29. The molecule has 9 heteroatoms. The molecule has 0 radical (unpaired) electrons. The number of nitrogens with zero attached hydrogens (tertiary/aromatic N) is 1. The maximum absolute atomic E-state index is 13.6. The summed E-state index contributed by atoms with van der Waals surface area (Å²) in [5, 5.41) is 13.8. The lowest BCUT2D eigenvalue weighted by Crippen LogP contribution is -3.14. The van der Waals surface area contributed by atoms with Crippen molar-refractivity contribution in [2.75, 3.05) is 53.6 Å². The molecule has 0 bridgehead atoms. The van der Waals surface area contributed by atoms with E-state index < -0.39 is 23.5 Å². The van der Waals surface area contributed by atoms with Gasteiger partial charge >= 0.3 is 0 Å². The maximum atomic E-state index is 13.6. The number of quaternary nitrogens is 1. The summed E-state index contributed by atoms with van der Waals surface area (Å²) < 4.78 is 15.9. The number of ketones is 1. The van der Waals surface area contributed by atoms with E-state index >= 15 is 0 Å². The molecule has 0 aromatic heterocycles. The molecule has 2 aromatic rings. The first kappa shape index (κ1) is 25.0. The van der Waals surface area contributed by atoms with Crippen LogP contribution in [-0.2, 0) is 14.3 Å². The number of ether oxygens (including phenoxy) is 3. The Morgan fingerprint density at radius 1 is 1.14 bits per heavy atom. The minimum atomic E-state index is -0.807. The van der Waals surface area contributed by atoms with E-state index in [2.05, 4.69) is 0 Å². The molecule has 1 atom stereocenters. The van der Waals surface area contributed by atoms with Crippen LogP contribution < -0.4 is 19.5 Å². The van der Waals surface area contributed by atoms with E-state index in [4.69, 9.17) is 25.8 Å². The van der Waals surface area contributed by atoms with E-state index in [1.165, 1.54) is 23.0 Å². The molecule has 8 nitrogen and oxygen atoms in total. The van der Waals surface area contributed by atoms with Crippen LogP contribution in [0, 0.1) is 0 Å². The quantitative estimate of drug-likeness (QED) is 0.329. The summed E-state index contributed by atoms with van der Waals surface area (Å²) in [6, 6.07) is 10.9. The lowest BCUT2D eigenvalue weighted by atomic mass is 9.95. The Morgan fingerprint density at radius 2 is 1.91 bits per heavy atom. The topological polar surface area (TPSA) is 92.6 Å². The molecule has 2 aromatic carbocycles. The van der Waals surface area contributed by atoms with Gasteiger partial charge in [0.2, 0.25) is 5.78 Å². The number of morpholine rings is 1. The lowest BCUT2D eigenvalue weighted by Gasteiger charge is -2.29. The zero-order chi connectivity index (χ0) is 24.9. The molecule has 1 N–H and O–H groups in total. The van der Waals surface area contributed by atoms with Gasteiger partial charge in [0.1, 0.15) is 24.6 Å². The summed E-state index contributed by atoms with van der Waals surface area (Å²) >= 11 is 6.23. The first-order chi connectivity index (χ1) is 16.9. The average Bonchev–Trinajstić information content (AvgIpc) is 3.14. The number of likely N-dealkylation sites (tertiary alicyclic amines) is 1. The maximum Gasteiger partial charge on any atom is 0.295 e. The van der Waals surface area contributed by atoms with Crippen molar-refractivity contribution in [3.63, 3.8) is 0 Å². The minimum absolute atomic E-state index is 0.0804. The largest absolute Gasteiger partial charge is 0.872 e. The fourth-order valence-electron chi connectivity index (χ4n) is 4.63. The molecule has 0 aliphatic carbocycles. The van der Waals surface area contributed by atoms with Crippen LogP contribution in [0.4, 0.5) is 0 Å². The summed E-state index contributed by atoms with van der Waals surface area (Å²) in [6.45, 7) is 4.49. The third-order valence-corrected chi connectivity index (χ3v) is 6.78. The second kappa shape index (κ2) is 11.1. The number of rotatable bonds is 8. The zero-order valence-electron chi connectivity index (χ0n) is 19.8. The van der Waals surface area contributed by atoms with Gasteiger partial charge in [0.25, 0.3) is 5.91 Å². The second-order valence-corrected chi connectivity index (χ2v) is 8.97. The van der Waals surface area contributed by atoms with Crippen LogP contribution >= 0.6 is 11.6 Å². The van der Waals surface area contributed by atoms with Crippen LogP contribution in [0.2, 0.25) is 5.02 Å². The molecule has 1 amide bonds. The molecule has 2 fully saturated rings. The van der Waals surface area contributed by atoms with Gasteiger partial charge in [0.05, 0.1) is 45.0 Å². The minimum Gasteiger partial charge on any atom is -0.872 e. The number of hydrogen-bond acceptors (Lipinski definition) is 6. The van der Waals surface area contributed by atoms with Crippen molar-refractivity contribution in [2.45, 2.75) is 12.5 Å². The smallest absolute Gasteiger partial charge is 0.295 e. The van der Waals surface area contributed by atoms with Crippen molar-refractivity contribution in [2.24, 2.45) is 0 Å². The monoisotopic (exact) mass is 500 g/mol. The number of amides is 1. The predicted molar refractivity (Wildman–Crippen MR) is 128 cm³/mol. The summed E-state index contributed by atoms with van der Waals surface area (Å²) in [5.74, 6) is -0.988. The van der Waals surface area contributed by atoms with Gasteiger partial charge in [-0.2, -0.15) is 0 Å². The van der Waals surface area contributed by atoms with Gasteiger partial charge in [0, 0.05) is 18.5 Å². The molecule has 2 saturated heterocycles. The molecule has 0 spiro atoms. The van der Waals surface area contributed by atoms with Crippen LogP contribution in [0.1, 0.15) is 23.6 Å². The van der Waals surface area contributed by atoms with Crippen LogP contribution in [0.5, 0.6) is 11.5 Å². The SMILES string of the molecule is COc1cccc(C2C(=C([O-])c3ccc(OC)c(Cl)c3)C(=O)C(=O)N2CCC[NH+]2CCOCC2)c1. The fourth-order valence-corrected chi connectivity index (χ4v) is 4.89. The van der Waals surface area contributed by atoms with Crippen molar-refractivity contribution < 1.29 is 33.8 Å². The first-order valence-electron chi connectivity index (χ1n) is 11.6. The molecule has 4 rings (SSSR count). The fraction of sp³-hybridized carbons (Fsp3) is 0.385. The molecule has 1 unspecified atom stereocenters. The van der Waals surface area contributed by atoms with E-state index in [1.807, 2.05) is 0 Å². The highest BCUT2D eigenvalue weighted by Crippen LogP contribution is 2.40. The van der Waals surface area contributed by atoms with Crippen molar-refractivity contribution in [3.8, 4) is 11.5 Å². The van der Waals surface area contributed by atoms with Crippen molar-refractivity contribution >= 4 is 29.1 Å². The molecular formula is C26H29ClN2O6. The lowest BCUT2D eigenvalue weighted by molar-refractivity contribution is -0.908. The standard InChI is InChI=1S/C26H29ClN2O6/c1-33-19-6-3-5-17(15-19)23-22(24(30)18-7-8-21(34-2)20(27)16-18)25(31)26(32)29(23)10-4-9-28-11-13-35-14-12-28/h3,5-8,15-16,23,30H,4,9-14H2,1-2H3. The highest BCUT2D eigenvalue weighted by Gasteiger charge is 2.44. The zero-order valence-corrected chi connectivity index (χ0v) is 20.6. The van der Waals surface area contributed by atoms with E-state index in [1.54, 1.807) is 43.5 Å². The van der Waals surface area contributed by atoms with Crippen molar-refractivity contribution in [1.82, 2.24) is 4.90 Å². The molecule has 35 heavy (non-hydrogen) atoms. The van der Waals surface area contributed by atoms with Gasteiger partial charge in [-0.3, -0.25) is 9.59 Å². The molecule has 2 aliphatic heterocycles. The van der Waals surface area contributed by atoms with E-state index in [0.29, 0.717) is 30.0 Å². The van der Waals surface area contributed by atoms with E-state index in [9.17, 15) is 14.7 Å². The van der Waals surface area contributed by atoms with E-state index in [0.717, 1.165) is 32.8 Å². The summed E-state index contributed by atoms with van der Waals surface area (Å²) in [6.07, 6.45) is 0.699. The molecule has 0 saturated carbocycles. The van der Waals surface area contributed by atoms with Gasteiger partial charge in [0.15, 0.2) is 0 Å². The highest BCUT2D eigenvalue weighted by atomic mass is 35.5. The highest BCUT2D eigenvalue weighted by molar-refractivity contribution is 6.46. The summed E-state index contributed by atoms with van der Waals surface area (Å²) in [7, 11) is 3.02. The summed E-state index contributed by atoms with van der Waals surface area (Å²) in [5.41, 5.74) is 0.785. The number of methoxy groups -OCH3 is 2. The summed E-state index contributed by atoms with van der Waals surface area (Å²) in [4.78, 5) is 29.2.